The highest BCUT2D eigenvalue weighted by atomic mass is 16.5. The first-order chi connectivity index (χ1) is 11.0. The lowest BCUT2D eigenvalue weighted by Crippen LogP contribution is -2.12. The summed E-state index contributed by atoms with van der Waals surface area (Å²) in [6.07, 6.45) is 0. The molecule has 0 aliphatic carbocycles. The van der Waals surface area contributed by atoms with Crippen molar-refractivity contribution in [3.05, 3.63) is 65.0 Å². The molecule has 2 aromatic carbocycles. The first-order valence-electron chi connectivity index (χ1n) is 7.32. The van der Waals surface area contributed by atoms with Crippen molar-refractivity contribution < 1.29 is 9.32 Å². The Labute approximate surface area is 134 Å². The lowest BCUT2D eigenvalue weighted by atomic mass is 10.1. The fourth-order valence-electron chi connectivity index (χ4n) is 2.25. The van der Waals surface area contributed by atoms with E-state index in [0.717, 1.165) is 22.4 Å². The third-order valence-electron chi connectivity index (χ3n) is 3.57. The van der Waals surface area contributed by atoms with E-state index in [1.807, 2.05) is 44.2 Å². The van der Waals surface area contributed by atoms with Gasteiger partial charge in [-0.05, 0) is 43.2 Å². The topological polar surface area (TPSA) is 68.0 Å². The van der Waals surface area contributed by atoms with E-state index >= 15 is 0 Å². The van der Waals surface area contributed by atoms with E-state index in [-0.39, 0.29) is 5.91 Å². The van der Waals surface area contributed by atoms with Crippen LogP contribution in [0.5, 0.6) is 0 Å². The summed E-state index contributed by atoms with van der Waals surface area (Å²) < 4.78 is 4.96. The Morgan fingerprint density at radius 3 is 2.43 bits per heavy atom. The summed E-state index contributed by atoms with van der Waals surface area (Å²) in [5, 5.41) is 6.80. The zero-order valence-corrected chi connectivity index (χ0v) is 13.3. The molecule has 0 spiro atoms. The van der Waals surface area contributed by atoms with Gasteiger partial charge in [-0.15, -0.1) is 0 Å². The third-order valence-corrected chi connectivity index (χ3v) is 3.57. The number of aromatic nitrogens is 2. The molecule has 23 heavy (non-hydrogen) atoms. The van der Waals surface area contributed by atoms with Crippen LogP contribution in [0.1, 0.15) is 27.4 Å². The number of aryl methyl sites for hydroxylation is 3. The van der Waals surface area contributed by atoms with E-state index in [1.165, 1.54) is 0 Å². The summed E-state index contributed by atoms with van der Waals surface area (Å²) in [7, 11) is 0. The maximum atomic E-state index is 12.4. The van der Waals surface area contributed by atoms with Gasteiger partial charge in [-0.25, -0.2) is 0 Å². The van der Waals surface area contributed by atoms with Gasteiger partial charge in [0.05, 0.1) is 0 Å². The van der Waals surface area contributed by atoms with Crippen LogP contribution in [-0.2, 0) is 0 Å². The van der Waals surface area contributed by atoms with Gasteiger partial charge in [0.25, 0.3) is 5.91 Å². The van der Waals surface area contributed by atoms with Gasteiger partial charge in [0.2, 0.25) is 11.7 Å². The number of amides is 1. The molecule has 0 unspecified atom stereocenters. The van der Waals surface area contributed by atoms with Crippen molar-refractivity contribution in [1.82, 2.24) is 10.1 Å². The Morgan fingerprint density at radius 2 is 1.78 bits per heavy atom. The summed E-state index contributed by atoms with van der Waals surface area (Å²) in [6, 6.07) is 13.1. The number of hydrogen-bond acceptors (Lipinski definition) is 4. The molecule has 3 aromatic rings. The molecule has 0 radical (unpaired) electrons. The Morgan fingerprint density at radius 1 is 1.04 bits per heavy atom. The molecule has 5 nitrogen and oxygen atoms in total. The van der Waals surface area contributed by atoms with Crippen molar-refractivity contribution in [1.29, 1.82) is 0 Å². The lowest BCUT2D eigenvalue weighted by molar-refractivity contribution is 0.102. The number of nitrogens with one attached hydrogen (secondary N) is 1. The zero-order chi connectivity index (χ0) is 16.4. The van der Waals surface area contributed by atoms with Crippen LogP contribution >= 0.6 is 0 Å². The van der Waals surface area contributed by atoms with Crippen LogP contribution in [0.2, 0.25) is 0 Å². The average Bonchev–Trinajstić information content (AvgIpc) is 2.97. The molecule has 1 heterocycles. The van der Waals surface area contributed by atoms with E-state index in [2.05, 4.69) is 15.5 Å². The van der Waals surface area contributed by atoms with Crippen molar-refractivity contribution in [2.24, 2.45) is 0 Å². The standard InChI is InChI=1S/C18H17N3O2/c1-11-4-5-12(2)16(10-11)20-18(22)15-8-6-14(7-9-15)17-19-13(3)23-21-17/h4-10H,1-3H3,(H,20,22). The Kier molecular flexibility index (Phi) is 3.93. The van der Waals surface area contributed by atoms with Gasteiger partial charge in [0, 0.05) is 23.7 Å². The minimum absolute atomic E-state index is 0.144. The lowest BCUT2D eigenvalue weighted by Gasteiger charge is -2.09. The molecule has 0 aliphatic rings. The summed E-state index contributed by atoms with van der Waals surface area (Å²) in [4.78, 5) is 16.5. The van der Waals surface area contributed by atoms with E-state index in [1.54, 1.807) is 19.1 Å². The molecule has 5 heteroatoms. The Bertz CT molecular complexity index is 851. The van der Waals surface area contributed by atoms with Crippen LogP contribution in [0.15, 0.2) is 47.0 Å². The number of hydrogen-bond donors (Lipinski definition) is 1. The fourth-order valence-corrected chi connectivity index (χ4v) is 2.25. The molecule has 3 rings (SSSR count). The van der Waals surface area contributed by atoms with Crippen LogP contribution in [0.25, 0.3) is 11.4 Å². The van der Waals surface area contributed by atoms with Gasteiger partial charge in [0.1, 0.15) is 0 Å². The quantitative estimate of drug-likeness (QED) is 0.796. The van der Waals surface area contributed by atoms with E-state index in [4.69, 9.17) is 4.52 Å². The highest BCUT2D eigenvalue weighted by molar-refractivity contribution is 6.04. The van der Waals surface area contributed by atoms with E-state index in [9.17, 15) is 4.79 Å². The van der Waals surface area contributed by atoms with Gasteiger partial charge in [-0.2, -0.15) is 4.98 Å². The minimum atomic E-state index is -0.144. The summed E-state index contributed by atoms with van der Waals surface area (Å²) in [6.45, 7) is 5.70. The first-order valence-corrected chi connectivity index (χ1v) is 7.32. The first kappa shape index (κ1) is 15.0. The maximum Gasteiger partial charge on any atom is 0.255 e. The summed E-state index contributed by atoms with van der Waals surface area (Å²) >= 11 is 0. The monoisotopic (exact) mass is 307 g/mol. The number of rotatable bonds is 3. The number of anilines is 1. The maximum absolute atomic E-state index is 12.4. The van der Waals surface area contributed by atoms with Gasteiger partial charge in [-0.1, -0.05) is 29.4 Å². The van der Waals surface area contributed by atoms with Crippen LogP contribution in [0, 0.1) is 20.8 Å². The number of carbonyl (C=O) groups is 1. The largest absolute Gasteiger partial charge is 0.339 e. The van der Waals surface area contributed by atoms with Crippen molar-refractivity contribution in [3.8, 4) is 11.4 Å². The molecule has 0 bridgehead atoms. The summed E-state index contributed by atoms with van der Waals surface area (Å²) in [5.74, 6) is 0.885. The van der Waals surface area contributed by atoms with Crippen molar-refractivity contribution in [2.75, 3.05) is 5.32 Å². The van der Waals surface area contributed by atoms with Crippen molar-refractivity contribution in [2.45, 2.75) is 20.8 Å². The summed E-state index contributed by atoms with van der Waals surface area (Å²) in [5.41, 5.74) is 4.35. The van der Waals surface area contributed by atoms with Crippen LogP contribution in [0.3, 0.4) is 0 Å². The highest BCUT2D eigenvalue weighted by Gasteiger charge is 2.10. The third kappa shape index (κ3) is 3.29. The second-order valence-corrected chi connectivity index (χ2v) is 5.49. The smallest absolute Gasteiger partial charge is 0.255 e. The zero-order valence-electron chi connectivity index (χ0n) is 13.3. The van der Waals surface area contributed by atoms with Crippen LogP contribution in [0.4, 0.5) is 5.69 Å². The molecule has 1 N–H and O–H groups in total. The molecule has 1 amide bonds. The fraction of sp³-hybridized carbons (Fsp3) is 0.167. The second kappa shape index (κ2) is 6.04. The highest BCUT2D eigenvalue weighted by Crippen LogP contribution is 2.19. The van der Waals surface area contributed by atoms with Crippen LogP contribution in [-0.4, -0.2) is 16.0 Å². The number of nitrogens with zero attached hydrogens (tertiary/aromatic N) is 2. The molecule has 1 aromatic heterocycles. The van der Waals surface area contributed by atoms with Crippen molar-refractivity contribution in [3.63, 3.8) is 0 Å². The molecule has 0 saturated heterocycles. The van der Waals surface area contributed by atoms with Gasteiger partial charge in [-0.3, -0.25) is 4.79 Å². The molecular weight excluding hydrogens is 290 g/mol. The number of benzene rings is 2. The minimum Gasteiger partial charge on any atom is -0.339 e. The Balaban J connectivity index is 1.79. The number of carbonyl (C=O) groups excluding carboxylic acids is 1. The molecule has 0 fully saturated rings. The predicted octanol–water partition coefficient (Wildman–Crippen LogP) is 3.91. The van der Waals surface area contributed by atoms with Gasteiger partial charge < -0.3 is 9.84 Å². The second-order valence-electron chi connectivity index (χ2n) is 5.49. The average molecular weight is 307 g/mol. The molecule has 0 atom stereocenters. The van der Waals surface area contributed by atoms with Crippen LogP contribution < -0.4 is 5.32 Å². The van der Waals surface area contributed by atoms with Gasteiger partial charge in [0.15, 0.2) is 0 Å². The van der Waals surface area contributed by atoms with E-state index in [0.29, 0.717) is 17.3 Å². The SMILES string of the molecule is Cc1ccc(C)c(NC(=O)c2ccc(-c3noc(C)n3)cc2)c1. The van der Waals surface area contributed by atoms with E-state index < -0.39 is 0 Å². The predicted molar refractivity (Wildman–Crippen MR) is 88.3 cm³/mol. The molecule has 0 aliphatic heterocycles. The molecule has 116 valence electrons. The van der Waals surface area contributed by atoms with Crippen molar-refractivity contribution >= 4 is 11.6 Å². The molecule has 0 saturated carbocycles. The Hall–Kier alpha value is -2.95. The molecular formula is C18H17N3O2. The normalized spacial score (nSPS) is 10.6. The van der Waals surface area contributed by atoms with Gasteiger partial charge >= 0.3 is 0 Å².